The first kappa shape index (κ1) is 23.6. The lowest BCUT2D eigenvalue weighted by molar-refractivity contribution is -0.384. The summed E-state index contributed by atoms with van der Waals surface area (Å²) in [6.07, 6.45) is 1.54. The number of nitro groups is 1. The number of hydrogen-bond donors (Lipinski definition) is 0. The second-order valence-electron chi connectivity index (χ2n) is 6.61. The molecule has 3 rings (SSSR count). The van der Waals surface area contributed by atoms with Crippen LogP contribution >= 0.6 is 27.5 Å². The Balaban J connectivity index is 1.67. The van der Waals surface area contributed by atoms with E-state index < -0.39 is 4.92 Å². The van der Waals surface area contributed by atoms with Crippen LogP contribution in [0.15, 0.2) is 70.3 Å². The fourth-order valence-electron chi connectivity index (χ4n) is 2.77. The molecule has 0 amide bonds. The maximum atomic E-state index is 10.9. The molecule has 0 radical (unpaired) electrons. The van der Waals surface area contributed by atoms with Gasteiger partial charge in [-0.15, -0.1) is 0 Å². The molecule has 0 saturated heterocycles. The topological polar surface area (TPSA) is 83.2 Å². The number of oxime groups is 1. The molecule has 0 fully saturated rings. The number of non-ortho nitro benzene ring substituents is 1. The summed E-state index contributed by atoms with van der Waals surface area (Å²) in [5, 5.41) is 15.5. The zero-order valence-electron chi connectivity index (χ0n) is 17.2. The van der Waals surface area contributed by atoms with E-state index in [0.717, 1.165) is 11.1 Å². The van der Waals surface area contributed by atoms with Gasteiger partial charge in [0.1, 0.15) is 13.2 Å². The predicted octanol–water partition coefficient (Wildman–Crippen LogP) is 6.54. The smallest absolute Gasteiger partial charge is 0.269 e. The number of benzene rings is 3. The third kappa shape index (κ3) is 6.70. The van der Waals surface area contributed by atoms with Gasteiger partial charge in [0.2, 0.25) is 0 Å². The first-order chi connectivity index (χ1) is 15.5. The highest BCUT2D eigenvalue weighted by atomic mass is 79.9. The van der Waals surface area contributed by atoms with Crippen LogP contribution in [0.4, 0.5) is 5.69 Å². The Morgan fingerprint density at radius 3 is 2.56 bits per heavy atom. The van der Waals surface area contributed by atoms with E-state index in [1.807, 2.05) is 37.3 Å². The monoisotopic (exact) mass is 518 g/mol. The maximum Gasteiger partial charge on any atom is 0.269 e. The summed E-state index contributed by atoms with van der Waals surface area (Å²) in [5.41, 5.74) is 2.37. The molecule has 0 heterocycles. The second kappa shape index (κ2) is 11.5. The van der Waals surface area contributed by atoms with E-state index in [2.05, 4.69) is 21.1 Å². The van der Waals surface area contributed by atoms with Crippen molar-refractivity contribution in [2.75, 3.05) is 6.61 Å². The van der Waals surface area contributed by atoms with Crippen molar-refractivity contribution in [3.63, 3.8) is 0 Å². The minimum absolute atomic E-state index is 0.00885. The molecule has 166 valence electrons. The third-order valence-electron chi connectivity index (χ3n) is 4.26. The molecule has 0 unspecified atom stereocenters. The summed E-state index contributed by atoms with van der Waals surface area (Å²) in [4.78, 5) is 15.7. The molecule has 9 heteroatoms. The molecule has 7 nitrogen and oxygen atoms in total. The number of rotatable bonds is 10. The molecule has 0 aliphatic rings. The largest absolute Gasteiger partial charge is 0.490 e. The van der Waals surface area contributed by atoms with Crippen molar-refractivity contribution >= 4 is 39.4 Å². The number of ether oxygens (including phenoxy) is 2. The highest BCUT2D eigenvalue weighted by molar-refractivity contribution is 9.10. The van der Waals surface area contributed by atoms with E-state index in [4.69, 9.17) is 25.9 Å². The summed E-state index contributed by atoms with van der Waals surface area (Å²) >= 11 is 9.45. The van der Waals surface area contributed by atoms with E-state index in [1.165, 1.54) is 18.3 Å². The van der Waals surface area contributed by atoms with Crippen molar-refractivity contribution in [2.24, 2.45) is 5.16 Å². The molecule has 32 heavy (non-hydrogen) atoms. The summed E-state index contributed by atoms with van der Waals surface area (Å²) in [6.45, 7) is 2.82. The minimum atomic E-state index is -0.448. The molecule has 0 saturated carbocycles. The Kier molecular flexibility index (Phi) is 8.47. The molecule has 3 aromatic rings. The summed E-state index contributed by atoms with van der Waals surface area (Å²) < 4.78 is 12.4. The van der Waals surface area contributed by atoms with Gasteiger partial charge in [0.25, 0.3) is 5.69 Å². The van der Waals surface area contributed by atoms with Gasteiger partial charge in [-0.05, 0) is 58.2 Å². The number of hydrogen-bond acceptors (Lipinski definition) is 6. The lowest BCUT2D eigenvalue weighted by atomic mass is 10.2. The fraction of sp³-hybridized carbons (Fsp3) is 0.174. The van der Waals surface area contributed by atoms with E-state index in [0.29, 0.717) is 39.8 Å². The van der Waals surface area contributed by atoms with Gasteiger partial charge in [-0.2, -0.15) is 0 Å². The summed E-state index contributed by atoms with van der Waals surface area (Å²) in [6, 6.07) is 17.3. The van der Waals surface area contributed by atoms with Crippen LogP contribution < -0.4 is 9.47 Å². The Morgan fingerprint density at radius 1 is 1.06 bits per heavy atom. The minimum Gasteiger partial charge on any atom is -0.490 e. The van der Waals surface area contributed by atoms with Gasteiger partial charge in [0.05, 0.1) is 22.2 Å². The molecule has 0 N–H and O–H groups in total. The molecule has 0 aromatic heterocycles. The first-order valence-electron chi connectivity index (χ1n) is 9.68. The third-order valence-corrected chi connectivity index (χ3v) is 5.10. The van der Waals surface area contributed by atoms with E-state index >= 15 is 0 Å². The van der Waals surface area contributed by atoms with Crippen LogP contribution in [-0.2, 0) is 18.1 Å². The molecular formula is C23H20BrClN2O5. The maximum absolute atomic E-state index is 10.9. The van der Waals surface area contributed by atoms with Crippen LogP contribution in [0.25, 0.3) is 0 Å². The van der Waals surface area contributed by atoms with Gasteiger partial charge >= 0.3 is 0 Å². The van der Waals surface area contributed by atoms with Crippen LogP contribution in [0.2, 0.25) is 5.02 Å². The summed E-state index contributed by atoms with van der Waals surface area (Å²) in [7, 11) is 0. The van der Waals surface area contributed by atoms with Crippen LogP contribution in [0, 0.1) is 10.1 Å². The van der Waals surface area contributed by atoms with Crippen LogP contribution in [0.5, 0.6) is 11.5 Å². The molecule has 0 aliphatic carbocycles. The van der Waals surface area contributed by atoms with E-state index in [9.17, 15) is 10.1 Å². The van der Waals surface area contributed by atoms with Crippen molar-refractivity contribution in [3.05, 3.63) is 97.0 Å². The fourth-order valence-corrected chi connectivity index (χ4v) is 3.47. The van der Waals surface area contributed by atoms with Crippen molar-refractivity contribution < 1.29 is 19.2 Å². The summed E-state index contributed by atoms with van der Waals surface area (Å²) in [5.74, 6) is 1.15. The molecular weight excluding hydrogens is 500 g/mol. The number of nitro benzene ring substituents is 1. The van der Waals surface area contributed by atoms with Gasteiger partial charge in [-0.1, -0.05) is 41.0 Å². The molecule has 3 aromatic carbocycles. The second-order valence-corrected chi connectivity index (χ2v) is 7.90. The molecule has 0 aliphatic heterocycles. The van der Waals surface area contributed by atoms with Gasteiger partial charge in [0.15, 0.2) is 11.5 Å². The quantitative estimate of drug-likeness (QED) is 0.172. The Bertz CT molecular complexity index is 1110. The Morgan fingerprint density at radius 2 is 1.84 bits per heavy atom. The van der Waals surface area contributed by atoms with Gasteiger partial charge in [-0.3, -0.25) is 10.1 Å². The lowest BCUT2D eigenvalue weighted by Gasteiger charge is -2.14. The average Bonchev–Trinajstić information content (AvgIpc) is 2.78. The van der Waals surface area contributed by atoms with Crippen molar-refractivity contribution in [1.29, 1.82) is 0 Å². The predicted molar refractivity (Wildman–Crippen MR) is 127 cm³/mol. The highest BCUT2D eigenvalue weighted by Gasteiger charge is 2.12. The van der Waals surface area contributed by atoms with Crippen molar-refractivity contribution in [2.45, 2.75) is 20.1 Å². The van der Waals surface area contributed by atoms with E-state index in [1.54, 1.807) is 18.2 Å². The van der Waals surface area contributed by atoms with Gasteiger partial charge in [-0.25, -0.2) is 0 Å². The zero-order chi connectivity index (χ0) is 22.9. The SMILES string of the molecule is CCOc1cc(/C=N\OCc2cccc([N+](=O)[O-])c2)cc(Br)c1OCc1ccc(Cl)cc1. The standard InChI is InChI=1S/C23H20BrClN2O5/c1-2-30-22-12-18(13-26-32-15-17-4-3-5-20(10-17)27(28)29)11-21(24)23(22)31-14-16-6-8-19(25)9-7-16/h3-13H,2,14-15H2,1H3/b26-13-. The van der Waals surface area contributed by atoms with Gasteiger partial charge in [0, 0.05) is 22.7 Å². The average molecular weight is 520 g/mol. The van der Waals surface area contributed by atoms with Crippen LogP contribution in [0.3, 0.4) is 0 Å². The molecule has 0 atom stereocenters. The first-order valence-corrected chi connectivity index (χ1v) is 10.9. The van der Waals surface area contributed by atoms with Crippen LogP contribution in [0.1, 0.15) is 23.6 Å². The number of halogens is 2. The Labute approximate surface area is 198 Å². The Hall–Kier alpha value is -3.10. The molecule has 0 bridgehead atoms. The van der Waals surface area contributed by atoms with Gasteiger partial charge < -0.3 is 14.3 Å². The normalized spacial score (nSPS) is 10.8. The van der Waals surface area contributed by atoms with Crippen molar-refractivity contribution in [3.8, 4) is 11.5 Å². The highest BCUT2D eigenvalue weighted by Crippen LogP contribution is 2.37. The lowest BCUT2D eigenvalue weighted by Crippen LogP contribution is -2.01. The van der Waals surface area contributed by atoms with Crippen LogP contribution in [-0.4, -0.2) is 17.7 Å². The number of nitrogens with zero attached hydrogens (tertiary/aromatic N) is 2. The van der Waals surface area contributed by atoms with E-state index in [-0.39, 0.29) is 12.3 Å². The zero-order valence-corrected chi connectivity index (χ0v) is 19.5. The van der Waals surface area contributed by atoms with Crippen molar-refractivity contribution in [1.82, 2.24) is 0 Å². The molecule has 0 spiro atoms.